The van der Waals surface area contributed by atoms with E-state index in [0.29, 0.717) is 11.3 Å². The fourth-order valence-corrected chi connectivity index (χ4v) is 2.97. The lowest BCUT2D eigenvalue weighted by Crippen LogP contribution is -2.40. The summed E-state index contributed by atoms with van der Waals surface area (Å²) in [7, 11) is 0. The van der Waals surface area contributed by atoms with E-state index in [1.165, 1.54) is 11.0 Å². The third kappa shape index (κ3) is 2.66. The number of carbonyl (C=O) groups is 2. The van der Waals surface area contributed by atoms with E-state index in [2.05, 4.69) is 5.32 Å². The minimum Gasteiger partial charge on any atom is -0.324 e. The first-order chi connectivity index (χ1) is 11.3. The molecule has 2 aromatic rings. The van der Waals surface area contributed by atoms with Crippen molar-refractivity contribution >= 4 is 23.2 Å². The van der Waals surface area contributed by atoms with E-state index in [1.807, 2.05) is 38.1 Å². The molecule has 0 spiro atoms. The Balaban J connectivity index is 1.79. The number of para-hydroxylation sites is 1. The zero-order chi connectivity index (χ0) is 17.5. The van der Waals surface area contributed by atoms with Crippen LogP contribution in [0.1, 0.15) is 25.0 Å². The van der Waals surface area contributed by atoms with Crippen molar-refractivity contribution in [3.63, 3.8) is 0 Å². The summed E-state index contributed by atoms with van der Waals surface area (Å²) < 4.78 is 13.6. The van der Waals surface area contributed by atoms with E-state index in [4.69, 9.17) is 0 Å². The number of hydrogen-bond donors (Lipinski definition) is 1. The minimum absolute atomic E-state index is 0.102. The summed E-state index contributed by atoms with van der Waals surface area (Å²) in [5, 5.41) is 2.64. The number of halogens is 1. The number of rotatable bonds is 3. The molecule has 1 aliphatic heterocycles. The summed E-state index contributed by atoms with van der Waals surface area (Å²) in [5.41, 5.74) is 1.88. The molecule has 24 heavy (non-hydrogen) atoms. The second-order valence-electron chi connectivity index (χ2n) is 6.55. The van der Waals surface area contributed by atoms with Gasteiger partial charge in [0.15, 0.2) is 0 Å². The van der Waals surface area contributed by atoms with Gasteiger partial charge in [0, 0.05) is 11.4 Å². The molecule has 0 saturated carbocycles. The molecular weight excluding hydrogens is 307 g/mol. The largest absolute Gasteiger partial charge is 0.324 e. The van der Waals surface area contributed by atoms with Crippen LogP contribution in [-0.4, -0.2) is 18.4 Å². The van der Waals surface area contributed by atoms with Crippen molar-refractivity contribution < 1.29 is 14.0 Å². The van der Waals surface area contributed by atoms with Crippen molar-refractivity contribution in [3.8, 4) is 0 Å². The maximum Gasteiger partial charge on any atom is 0.244 e. The molecule has 1 aliphatic rings. The van der Waals surface area contributed by atoms with Crippen LogP contribution >= 0.6 is 0 Å². The van der Waals surface area contributed by atoms with E-state index in [-0.39, 0.29) is 24.2 Å². The lowest BCUT2D eigenvalue weighted by atomic mass is 9.86. The van der Waals surface area contributed by atoms with Gasteiger partial charge in [-0.05, 0) is 50.1 Å². The predicted molar refractivity (Wildman–Crippen MR) is 91.6 cm³/mol. The van der Waals surface area contributed by atoms with Gasteiger partial charge in [-0.25, -0.2) is 4.39 Å². The van der Waals surface area contributed by atoms with Crippen molar-refractivity contribution in [2.75, 3.05) is 16.8 Å². The fourth-order valence-electron chi connectivity index (χ4n) is 2.97. The molecule has 0 aliphatic carbocycles. The van der Waals surface area contributed by atoms with Crippen LogP contribution < -0.4 is 10.2 Å². The van der Waals surface area contributed by atoms with E-state index < -0.39 is 5.41 Å². The number of anilines is 2. The maximum atomic E-state index is 13.6. The topological polar surface area (TPSA) is 49.4 Å². The highest BCUT2D eigenvalue weighted by Gasteiger charge is 2.44. The number of fused-ring (bicyclic) bond motifs is 1. The third-order valence-corrected chi connectivity index (χ3v) is 4.41. The highest BCUT2D eigenvalue weighted by Crippen LogP contribution is 2.41. The first-order valence-electron chi connectivity index (χ1n) is 7.78. The Labute approximate surface area is 140 Å². The highest BCUT2D eigenvalue weighted by atomic mass is 19.1. The Kier molecular flexibility index (Phi) is 3.87. The average molecular weight is 326 g/mol. The molecule has 124 valence electrons. The van der Waals surface area contributed by atoms with E-state index in [9.17, 15) is 14.0 Å². The summed E-state index contributed by atoms with van der Waals surface area (Å²) in [6.45, 7) is 5.25. The number of nitrogens with zero attached hydrogens (tertiary/aromatic N) is 1. The predicted octanol–water partition coefficient (Wildman–Crippen LogP) is 3.40. The van der Waals surface area contributed by atoms with Gasteiger partial charge in [-0.2, -0.15) is 0 Å². The number of hydrogen-bond acceptors (Lipinski definition) is 2. The van der Waals surface area contributed by atoms with Gasteiger partial charge in [0.25, 0.3) is 0 Å². The van der Waals surface area contributed by atoms with Crippen molar-refractivity contribution in [3.05, 3.63) is 59.4 Å². The monoisotopic (exact) mass is 326 g/mol. The standard InChI is InChI=1S/C19H19FN2O2/c1-12-8-9-13(10-15(12)20)21-17(23)11-22-16-7-5-4-6-14(16)19(2,3)18(22)24/h4-10H,11H2,1-3H3,(H,21,23). The Bertz CT molecular complexity index is 830. The van der Waals surface area contributed by atoms with Crippen LogP contribution in [-0.2, 0) is 15.0 Å². The molecule has 0 bridgehead atoms. The van der Waals surface area contributed by atoms with Gasteiger partial charge in [0.1, 0.15) is 12.4 Å². The van der Waals surface area contributed by atoms with Gasteiger partial charge in [0.05, 0.1) is 5.41 Å². The molecule has 3 rings (SSSR count). The smallest absolute Gasteiger partial charge is 0.244 e. The van der Waals surface area contributed by atoms with Gasteiger partial charge in [0.2, 0.25) is 11.8 Å². The molecule has 0 aromatic heterocycles. The Morgan fingerprint density at radius 3 is 2.62 bits per heavy atom. The molecule has 2 amide bonds. The van der Waals surface area contributed by atoms with Gasteiger partial charge < -0.3 is 10.2 Å². The van der Waals surface area contributed by atoms with Crippen LogP contribution in [0.2, 0.25) is 0 Å². The summed E-state index contributed by atoms with van der Waals surface area (Å²) >= 11 is 0. The van der Waals surface area contributed by atoms with E-state index in [1.54, 1.807) is 19.1 Å². The van der Waals surface area contributed by atoms with Gasteiger partial charge in [-0.15, -0.1) is 0 Å². The first-order valence-corrected chi connectivity index (χ1v) is 7.78. The summed E-state index contributed by atoms with van der Waals surface area (Å²) in [6, 6.07) is 12.0. The summed E-state index contributed by atoms with van der Waals surface area (Å²) in [4.78, 5) is 26.4. The van der Waals surface area contributed by atoms with Crippen LogP contribution in [0.4, 0.5) is 15.8 Å². The van der Waals surface area contributed by atoms with Gasteiger partial charge >= 0.3 is 0 Å². The van der Waals surface area contributed by atoms with Crippen molar-refractivity contribution in [1.29, 1.82) is 0 Å². The number of benzene rings is 2. The average Bonchev–Trinajstić information content (AvgIpc) is 2.73. The summed E-state index contributed by atoms with van der Waals surface area (Å²) in [6.07, 6.45) is 0. The van der Waals surface area contributed by atoms with Crippen LogP contribution in [0.3, 0.4) is 0 Å². The second kappa shape index (κ2) is 5.74. The third-order valence-electron chi connectivity index (χ3n) is 4.41. The number of carbonyl (C=O) groups excluding carboxylic acids is 2. The number of nitrogens with one attached hydrogen (secondary N) is 1. The van der Waals surface area contributed by atoms with Crippen molar-refractivity contribution in [1.82, 2.24) is 0 Å². The SMILES string of the molecule is Cc1ccc(NC(=O)CN2C(=O)C(C)(C)c3ccccc32)cc1F. The molecule has 0 saturated heterocycles. The molecule has 0 unspecified atom stereocenters. The Morgan fingerprint density at radius 2 is 1.92 bits per heavy atom. The minimum atomic E-state index is -0.660. The maximum absolute atomic E-state index is 13.6. The zero-order valence-electron chi connectivity index (χ0n) is 13.9. The lowest BCUT2D eigenvalue weighted by molar-refractivity contribution is -0.124. The second-order valence-corrected chi connectivity index (χ2v) is 6.55. The quantitative estimate of drug-likeness (QED) is 0.940. The number of aryl methyl sites for hydroxylation is 1. The fraction of sp³-hybridized carbons (Fsp3) is 0.263. The van der Waals surface area contributed by atoms with E-state index in [0.717, 1.165) is 11.3 Å². The number of amides is 2. The normalized spacial score (nSPS) is 15.3. The van der Waals surface area contributed by atoms with E-state index >= 15 is 0 Å². The molecule has 1 N–H and O–H groups in total. The molecule has 1 heterocycles. The Morgan fingerprint density at radius 1 is 1.21 bits per heavy atom. The Hall–Kier alpha value is -2.69. The molecule has 2 aromatic carbocycles. The van der Waals surface area contributed by atoms with Gasteiger partial charge in [-0.3, -0.25) is 9.59 Å². The molecule has 0 atom stereocenters. The van der Waals surface area contributed by atoms with Crippen molar-refractivity contribution in [2.24, 2.45) is 0 Å². The van der Waals surface area contributed by atoms with Crippen LogP contribution in [0.25, 0.3) is 0 Å². The highest BCUT2D eigenvalue weighted by molar-refractivity contribution is 6.11. The zero-order valence-corrected chi connectivity index (χ0v) is 13.9. The molecule has 5 heteroatoms. The molecule has 0 fully saturated rings. The van der Waals surface area contributed by atoms with Crippen molar-refractivity contribution in [2.45, 2.75) is 26.2 Å². The first kappa shape index (κ1) is 16.2. The van der Waals surface area contributed by atoms with Crippen LogP contribution in [0, 0.1) is 12.7 Å². The summed E-state index contributed by atoms with van der Waals surface area (Å²) in [5.74, 6) is -0.857. The molecule has 4 nitrogen and oxygen atoms in total. The van der Waals surface area contributed by atoms with Crippen LogP contribution in [0.5, 0.6) is 0 Å². The molecular formula is C19H19FN2O2. The molecule has 0 radical (unpaired) electrons. The van der Waals surface area contributed by atoms with Gasteiger partial charge in [-0.1, -0.05) is 24.3 Å². The lowest BCUT2D eigenvalue weighted by Gasteiger charge is -2.20. The van der Waals surface area contributed by atoms with Crippen LogP contribution in [0.15, 0.2) is 42.5 Å².